The number of ketones is 1. The molecule has 0 aliphatic carbocycles. The first-order valence-electron chi connectivity index (χ1n) is 8.37. The fourth-order valence-corrected chi connectivity index (χ4v) is 3.81. The topological polar surface area (TPSA) is 119 Å². The molecule has 7 heteroatoms. The van der Waals surface area contributed by atoms with E-state index in [4.69, 9.17) is 10.9 Å². The summed E-state index contributed by atoms with van der Waals surface area (Å²) in [4.78, 5) is 15.6. The Bertz CT molecular complexity index is 1060. The molecule has 0 bridgehead atoms. The van der Waals surface area contributed by atoms with Gasteiger partial charge in [-0.15, -0.1) is 0 Å². The summed E-state index contributed by atoms with van der Waals surface area (Å²) in [6, 6.07) is 18.8. The summed E-state index contributed by atoms with van der Waals surface area (Å²) >= 11 is 0. The van der Waals surface area contributed by atoms with E-state index in [2.05, 4.69) is 4.98 Å². The van der Waals surface area contributed by atoms with Gasteiger partial charge in [-0.25, -0.2) is 13.6 Å². The van der Waals surface area contributed by atoms with Gasteiger partial charge >= 0.3 is 0 Å². The summed E-state index contributed by atoms with van der Waals surface area (Å²) in [7, 11) is -3.90. The van der Waals surface area contributed by atoms with Crippen molar-refractivity contribution in [2.24, 2.45) is 5.14 Å². The highest BCUT2D eigenvalue weighted by Gasteiger charge is 2.39. The van der Waals surface area contributed by atoms with Crippen LogP contribution in [0.4, 0.5) is 5.69 Å². The summed E-state index contributed by atoms with van der Waals surface area (Å²) in [6.07, 6.45) is 0.116. The molecule has 1 atom stereocenters. The lowest BCUT2D eigenvalue weighted by molar-refractivity contribution is 0.103. The third kappa shape index (κ3) is 3.79. The number of anilines is 1. The van der Waals surface area contributed by atoms with E-state index in [1.807, 2.05) is 6.07 Å². The summed E-state index contributed by atoms with van der Waals surface area (Å²) in [5, 5.41) is 5.55. The molecule has 5 N–H and O–H groups in total. The fraction of sp³-hybridized carbons (Fsp3) is 0.150. The molecule has 0 spiro atoms. The Morgan fingerprint density at radius 2 is 1.63 bits per heavy atom. The van der Waals surface area contributed by atoms with Gasteiger partial charge in [0.2, 0.25) is 15.8 Å². The molecule has 1 aromatic heterocycles. The number of carbonyl (C=O) groups excluding carboxylic acids is 1. The molecular weight excluding hydrogens is 362 g/mol. The van der Waals surface area contributed by atoms with Crippen molar-refractivity contribution in [1.82, 2.24) is 4.98 Å². The second-order valence-corrected chi connectivity index (χ2v) is 8.66. The van der Waals surface area contributed by atoms with Crippen LogP contribution in [0.3, 0.4) is 0 Å². The molecule has 0 aliphatic rings. The first kappa shape index (κ1) is 18.9. The zero-order valence-electron chi connectivity index (χ0n) is 14.8. The number of sulfonamides is 1. The van der Waals surface area contributed by atoms with Crippen molar-refractivity contribution in [3.63, 3.8) is 0 Å². The van der Waals surface area contributed by atoms with Crippen molar-refractivity contribution >= 4 is 21.5 Å². The van der Waals surface area contributed by atoms with Gasteiger partial charge < -0.3 is 10.7 Å². The van der Waals surface area contributed by atoms with Crippen LogP contribution in [0.25, 0.3) is 0 Å². The third-order valence-corrected chi connectivity index (χ3v) is 6.34. The van der Waals surface area contributed by atoms with Gasteiger partial charge in [0.05, 0.1) is 5.69 Å². The molecule has 1 heterocycles. The zero-order chi connectivity index (χ0) is 19.7. The number of H-pyrrole nitrogens is 1. The van der Waals surface area contributed by atoms with Crippen molar-refractivity contribution in [3.05, 3.63) is 89.2 Å². The Morgan fingerprint density at radius 3 is 2.22 bits per heavy atom. The summed E-state index contributed by atoms with van der Waals surface area (Å²) < 4.78 is 23.4. The predicted octanol–water partition coefficient (Wildman–Crippen LogP) is 2.57. The van der Waals surface area contributed by atoms with Crippen molar-refractivity contribution < 1.29 is 13.2 Å². The zero-order valence-corrected chi connectivity index (χ0v) is 15.7. The molecule has 6 nitrogen and oxygen atoms in total. The molecule has 1 unspecified atom stereocenters. The number of hydrogen-bond acceptors (Lipinski definition) is 4. The van der Waals surface area contributed by atoms with Crippen molar-refractivity contribution in [1.29, 1.82) is 0 Å². The second kappa shape index (κ2) is 7.02. The second-order valence-electron chi connectivity index (χ2n) is 6.67. The van der Waals surface area contributed by atoms with Crippen LogP contribution in [-0.4, -0.2) is 19.2 Å². The van der Waals surface area contributed by atoms with Gasteiger partial charge in [-0.1, -0.05) is 30.3 Å². The monoisotopic (exact) mass is 383 g/mol. The first-order valence-corrected chi connectivity index (χ1v) is 9.91. The lowest BCUT2D eigenvalue weighted by Gasteiger charge is -2.27. The van der Waals surface area contributed by atoms with Crippen LogP contribution in [0.2, 0.25) is 0 Å². The number of nitrogens with two attached hydrogens (primary N) is 2. The molecule has 0 radical (unpaired) electrons. The number of carbonyl (C=O) groups is 1. The largest absolute Gasteiger partial charge is 0.399 e. The molecule has 0 saturated carbocycles. The van der Waals surface area contributed by atoms with Gasteiger partial charge in [0, 0.05) is 23.4 Å². The maximum Gasteiger partial charge on any atom is 0.219 e. The van der Waals surface area contributed by atoms with E-state index < -0.39 is 14.8 Å². The molecule has 0 saturated heterocycles. The Hall–Kier alpha value is -2.90. The number of hydrogen-bond donors (Lipinski definition) is 3. The fourth-order valence-electron chi connectivity index (χ4n) is 2.99. The van der Waals surface area contributed by atoms with Crippen LogP contribution < -0.4 is 10.9 Å². The number of primary sulfonamides is 1. The third-order valence-electron chi connectivity index (χ3n) is 4.70. The van der Waals surface area contributed by atoms with E-state index >= 15 is 0 Å². The van der Waals surface area contributed by atoms with Crippen LogP contribution >= 0.6 is 0 Å². The number of nitrogen functional groups attached to an aromatic ring is 1. The van der Waals surface area contributed by atoms with Gasteiger partial charge in [0.15, 0.2) is 0 Å². The molecule has 3 rings (SSSR count). The number of aromatic nitrogens is 1. The predicted molar refractivity (Wildman–Crippen MR) is 106 cm³/mol. The van der Waals surface area contributed by atoms with Crippen LogP contribution in [-0.2, 0) is 21.2 Å². The maximum atomic E-state index is 12.6. The Labute approximate surface area is 158 Å². The average molecular weight is 383 g/mol. The van der Waals surface area contributed by atoms with Crippen LogP contribution in [0.1, 0.15) is 34.2 Å². The molecule has 0 aliphatic heterocycles. The Balaban J connectivity index is 1.91. The van der Waals surface area contributed by atoms with Gasteiger partial charge in [-0.3, -0.25) is 4.79 Å². The molecule has 0 fully saturated rings. The van der Waals surface area contributed by atoms with Crippen molar-refractivity contribution in [2.75, 3.05) is 5.73 Å². The lowest BCUT2D eigenvalue weighted by Crippen LogP contribution is -2.40. The SMILES string of the molecule is CC(Cc1ccc(C(=O)c2ccc(N)cc2)[nH]1)(c1ccccc1)S(N)(=O)=O. The van der Waals surface area contributed by atoms with Crippen LogP contribution in [0.5, 0.6) is 0 Å². The summed E-state index contributed by atoms with van der Waals surface area (Å²) in [5.74, 6) is -0.196. The van der Waals surface area contributed by atoms with E-state index in [9.17, 15) is 13.2 Å². The van der Waals surface area contributed by atoms with E-state index in [0.717, 1.165) is 0 Å². The van der Waals surface area contributed by atoms with E-state index in [1.54, 1.807) is 67.6 Å². The lowest BCUT2D eigenvalue weighted by atomic mass is 9.95. The highest BCUT2D eigenvalue weighted by Crippen LogP contribution is 2.32. The van der Waals surface area contributed by atoms with Crippen LogP contribution in [0, 0.1) is 0 Å². The highest BCUT2D eigenvalue weighted by molar-refractivity contribution is 7.90. The molecular formula is C20H21N3O3S. The van der Waals surface area contributed by atoms with Crippen molar-refractivity contribution in [2.45, 2.75) is 18.1 Å². The van der Waals surface area contributed by atoms with E-state index in [0.29, 0.717) is 28.2 Å². The van der Waals surface area contributed by atoms with Crippen molar-refractivity contribution in [3.8, 4) is 0 Å². The highest BCUT2D eigenvalue weighted by atomic mass is 32.2. The van der Waals surface area contributed by atoms with Gasteiger partial charge in [0.25, 0.3) is 0 Å². The standard InChI is InChI=1S/C20H21N3O3S/c1-20(27(22,25)26,15-5-3-2-4-6-15)13-17-11-12-18(23-17)19(24)14-7-9-16(21)10-8-14/h2-12,23H,13,21H2,1H3,(H2,22,25,26). The van der Waals surface area contributed by atoms with E-state index in [-0.39, 0.29) is 12.2 Å². The molecule has 0 amide bonds. The molecule has 27 heavy (non-hydrogen) atoms. The van der Waals surface area contributed by atoms with Gasteiger partial charge in [0.1, 0.15) is 4.75 Å². The molecule has 2 aromatic carbocycles. The minimum Gasteiger partial charge on any atom is -0.399 e. The molecule has 140 valence electrons. The summed E-state index contributed by atoms with van der Waals surface area (Å²) in [5.41, 5.74) is 8.29. The van der Waals surface area contributed by atoms with Gasteiger partial charge in [-0.05, 0) is 48.9 Å². The Kier molecular flexibility index (Phi) is 4.91. The smallest absolute Gasteiger partial charge is 0.219 e. The number of rotatable bonds is 6. The van der Waals surface area contributed by atoms with Crippen LogP contribution in [0.15, 0.2) is 66.7 Å². The number of aromatic amines is 1. The minimum absolute atomic E-state index is 0.116. The normalized spacial score (nSPS) is 13.9. The minimum atomic E-state index is -3.90. The maximum absolute atomic E-state index is 12.6. The summed E-state index contributed by atoms with van der Waals surface area (Å²) in [6.45, 7) is 1.58. The Morgan fingerprint density at radius 1 is 1.00 bits per heavy atom. The first-order chi connectivity index (χ1) is 12.7. The average Bonchev–Trinajstić information content (AvgIpc) is 3.10. The molecule has 3 aromatic rings. The quantitative estimate of drug-likeness (QED) is 0.448. The number of nitrogens with one attached hydrogen (secondary N) is 1. The van der Waals surface area contributed by atoms with E-state index in [1.165, 1.54) is 0 Å². The van der Waals surface area contributed by atoms with Gasteiger partial charge in [-0.2, -0.15) is 0 Å². The number of benzene rings is 2.